The molecule has 2 saturated heterocycles. The van der Waals surface area contributed by atoms with Crippen LogP contribution in [0.1, 0.15) is 140 Å². The Hall–Kier alpha value is -5.54. The maximum Gasteiger partial charge on any atom is 0.274 e. The van der Waals surface area contributed by atoms with E-state index in [1.54, 1.807) is 44.2 Å². The number of hydrogen-bond acceptors (Lipinski definition) is 10. The van der Waals surface area contributed by atoms with Crippen LogP contribution in [0.15, 0.2) is 54.7 Å². The molecule has 2 saturated carbocycles. The fourth-order valence-corrected chi connectivity index (χ4v) is 10.8. The number of amides is 5. The van der Waals surface area contributed by atoms with Crippen molar-refractivity contribution < 1.29 is 33.5 Å². The Morgan fingerprint density at radius 1 is 0.921 bits per heavy atom. The molecule has 1 atom stereocenters. The first kappa shape index (κ1) is 42.7. The van der Waals surface area contributed by atoms with E-state index in [-0.39, 0.29) is 35.8 Å². The summed E-state index contributed by atoms with van der Waals surface area (Å²) in [6.45, 7) is 10.2. The first-order chi connectivity index (χ1) is 29.9. The molecule has 1 spiro atoms. The van der Waals surface area contributed by atoms with Crippen LogP contribution in [-0.4, -0.2) is 91.4 Å². The summed E-state index contributed by atoms with van der Waals surface area (Å²) >= 11 is 0. The molecule has 9 rings (SSSR count). The first-order valence-electron chi connectivity index (χ1n) is 22.5. The number of pyridine rings is 1. The number of aromatic nitrogens is 3. The van der Waals surface area contributed by atoms with Crippen LogP contribution in [0.4, 0.5) is 15.8 Å². The molecule has 4 N–H and O–H groups in total. The fourth-order valence-electron chi connectivity index (χ4n) is 10.8. The molecule has 332 valence electrons. The molecular formula is C48H57FN8O6. The standard InChI is InChI=1S/C48H57FN8O6/c1-46(2,49)39-10-6-9-35(51-39)42(59)52-37-21-30-27-56(54-36(30)22-33(37)47(3,4)63)31-13-11-28(12-14-31)26-55-19-17-48(18-20-55)23-29(24-48)25-50-34-8-5-7-32-41(34)45(62)57(44(32)61)38-15-16-40(58)53-43(38)60/h5-10,21-22,27-29,31,38,50,63H,11-20,23-26H2,1-4H3,(H,52,59)(H,53,58,60)/t28-,31-,38?. The summed E-state index contributed by atoms with van der Waals surface area (Å²) in [5.41, 5.74) is 0.610. The summed E-state index contributed by atoms with van der Waals surface area (Å²) in [7, 11) is 0. The number of imide groups is 2. The lowest BCUT2D eigenvalue weighted by Gasteiger charge is -2.53. The van der Waals surface area contributed by atoms with E-state index in [1.807, 2.05) is 24.4 Å². The van der Waals surface area contributed by atoms with Crippen molar-refractivity contribution in [2.75, 3.05) is 36.8 Å². The van der Waals surface area contributed by atoms with Crippen LogP contribution in [0, 0.1) is 17.3 Å². The van der Waals surface area contributed by atoms with E-state index in [2.05, 4.69) is 30.5 Å². The summed E-state index contributed by atoms with van der Waals surface area (Å²) in [6, 6.07) is 12.9. The van der Waals surface area contributed by atoms with Gasteiger partial charge in [0.05, 0.1) is 34.0 Å². The predicted octanol–water partition coefficient (Wildman–Crippen LogP) is 6.85. The Morgan fingerprint density at radius 3 is 2.35 bits per heavy atom. The number of nitrogens with zero attached hydrogens (tertiary/aromatic N) is 5. The summed E-state index contributed by atoms with van der Waals surface area (Å²) in [4.78, 5) is 72.2. The Kier molecular flexibility index (Phi) is 11.0. The minimum absolute atomic E-state index is 0.0872. The summed E-state index contributed by atoms with van der Waals surface area (Å²) in [5.74, 6) is -1.37. The lowest BCUT2D eigenvalue weighted by Crippen LogP contribution is -2.54. The van der Waals surface area contributed by atoms with Crippen LogP contribution in [-0.2, 0) is 20.9 Å². The molecule has 4 fully saturated rings. The van der Waals surface area contributed by atoms with Crippen LogP contribution in [0.25, 0.3) is 10.9 Å². The van der Waals surface area contributed by atoms with Crippen molar-refractivity contribution in [3.05, 3.63) is 82.8 Å². The van der Waals surface area contributed by atoms with Gasteiger partial charge >= 0.3 is 0 Å². The van der Waals surface area contributed by atoms with Crippen LogP contribution in [0.2, 0.25) is 0 Å². The summed E-state index contributed by atoms with van der Waals surface area (Å²) < 4.78 is 16.7. The van der Waals surface area contributed by atoms with E-state index < -0.39 is 46.8 Å². The highest BCUT2D eigenvalue weighted by Gasteiger charge is 2.48. The maximum absolute atomic E-state index is 14.6. The van der Waals surface area contributed by atoms with E-state index in [4.69, 9.17) is 5.10 Å². The van der Waals surface area contributed by atoms with Gasteiger partial charge < -0.3 is 20.6 Å². The second-order valence-electron chi connectivity index (χ2n) is 19.8. The topological polar surface area (TPSA) is 179 Å². The summed E-state index contributed by atoms with van der Waals surface area (Å²) in [6.07, 6.45) is 11.2. The van der Waals surface area contributed by atoms with Gasteiger partial charge in [-0.1, -0.05) is 12.1 Å². The van der Waals surface area contributed by atoms with Gasteiger partial charge in [0.25, 0.3) is 17.7 Å². The number of likely N-dealkylation sites (tertiary alicyclic amines) is 1. The van der Waals surface area contributed by atoms with E-state index in [9.17, 15) is 33.5 Å². The number of benzene rings is 2. The highest BCUT2D eigenvalue weighted by Crippen LogP contribution is 2.53. The molecule has 2 aromatic heterocycles. The van der Waals surface area contributed by atoms with E-state index in [1.165, 1.54) is 26.7 Å². The van der Waals surface area contributed by atoms with Gasteiger partial charge in [0.1, 0.15) is 17.4 Å². The minimum atomic E-state index is -1.70. The number of alkyl halides is 1. The molecule has 2 aromatic carbocycles. The number of carbonyl (C=O) groups excluding carboxylic acids is 5. The molecule has 5 aliphatic rings. The molecule has 5 amide bonds. The van der Waals surface area contributed by atoms with Gasteiger partial charge in [-0.3, -0.25) is 38.9 Å². The third-order valence-corrected chi connectivity index (χ3v) is 14.3. The highest BCUT2D eigenvalue weighted by molar-refractivity contribution is 6.25. The van der Waals surface area contributed by atoms with Gasteiger partial charge in [0.2, 0.25) is 11.8 Å². The van der Waals surface area contributed by atoms with Crippen molar-refractivity contribution in [3.63, 3.8) is 0 Å². The lowest BCUT2D eigenvalue weighted by atomic mass is 9.57. The van der Waals surface area contributed by atoms with Crippen molar-refractivity contribution in [2.45, 2.75) is 115 Å². The van der Waals surface area contributed by atoms with Gasteiger partial charge in [0, 0.05) is 48.0 Å². The zero-order chi connectivity index (χ0) is 44.4. The Balaban J connectivity index is 0.748. The monoisotopic (exact) mass is 860 g/mol. The number of anilines is 2. The van der Waals surface area contributed by atoms with Crippen molar-refractivity contribution in [2.24, 2.45) is 17.3 Å². The zero-order valence-corrected chi connectivity index (χ0v) is 36.5. The van der Waals surface area contributed by atoms with E-state index in [0.29, 0.717) is 46.3 Å². The molecule has 3 aliphatic heterocycles. The highest BCUT2D eigenvalue weighted by atomic mass is 19.1. The molecule has 15 heteroatoms. The van der Waals surface area contributed by atoms with Crippen molar-refractivity contribution in [1.82, 2.24) is 29.9 Å². The zero-order valence-electron chi connectivity index (χ0n) is 36.5. The number of hydrogen-bond donors (Lipinski definition) is 4. The lowest BCUT2D eigenvalue weighted by molar-refractivity contribution is -0.136. The van der Waals surface area contributed by atoms with Crippen molar-refractivity contribution >= 4 is 51.8 Å². The smallest absolute Gasteiger partial charge is 0.274 e. The Morgan fingerprint density at radius 2 is 1.65 bits per heavy atom. The average Bonchev–Trinajstić information content (AvgIpc) is 3.76. The maximum atomic E-state index is 14.6. The number of rotatable bonds is 11. The van der Waals surface area contributed by atoms with Gasteiger partial charge in [-0.2, -0.15) is 5.10 Å². The van der Waals surface area contributed by atoms with Gasteiger partial charge in [-0.15, -0.1) is 0 Å². The van der Waals surface area contributed by atoms with E-state index in [0.717, 1.165) is 74.0 Å². The van der Waals surface area contributed by atoms with Gasteiger partial charge in [-0.25, -0.2) is 9.37 Å². The number of nitrogens with one attached hydrogen (secondary N) is 3. The third-order valence-electron chi connectivity index (χ3n) is 14.3. The first-order valence-corrected chi connectivity index (χ1v) is 22.5. The Labute approximate surface area is 366 Å². The van der Waals surface area contributed by atoms with Gasteiger partial charge in [0.15, 0.2) is 0 Å². The second-order valence-corrected chi connectivity index (χ2v) is 19.8. The fraction of sp³-hybridized carbons (Fsp3) is 0.521. The number of halogens is 1. The number of aliphatic hydroxyl groups is 1. The SMILES string of the molecule is CC(C)(O)c1cc2nn([C@H]3CC[C@H](CN4CCC5(CC4)CC(CNc4cccc6c4C(=O)N(C4CCC(=O)NC4=O)C6=O)C5)CC3)cc2cc1NC(=O)c1cccc(C(C)(C)F)n1. The molecule has 63 heavy (non-hydrogen) atoms. The molecule has 4 aromatic rings. The molecule has 0 radical (unpaired) electrons. The Bertz CT molecular complexity index is 2480. The molecular weight excluding hydrogens is 804 g/mol. The molecule has 1 unspecified atom stereocenters. The van der Waals surface area contributed by atoms with Gasteiger partial charge in [-0.05, 0) is 152 Å². The van der Waals surface area contributed by atoms with Crippen LogP contribution in [0.5, 0.6) is 0 Å². The quantitative estimate of drug-likeness (QED) is 0.117. The minimum Gasteiger partial charge on any atom is -0.386 e. The summed E-state index contributed by atoms with van der Waals surface area (Å²) in [5, 5.41) is 25.6. The average molecular weight is 861 g/mol. The molecule has 14 nitrogen and oxygen atoms in total. The normalized spacial score (nSPS) is 23.2. The van der Waals surface area contributed by atoms with Crippen LogP contribution in [0.3, 0.4) is 0 Å². The third kappa shape index (κ3) is 8.49. The van der Waals surface area contributed by atoms with E-state index >= 15 is 0 Å². The van der Waals surface area contributed by atoms with Crippen LogP contribution >= 0.6 is 0 Å². The van der Waals surface area contributed by atoms with Crippen molar-refractivity contribution in [3.8, 4) is 0 Å². The molecule has 2 aliphatic carbocycles. The number of piperidine rings is 2. The largest absolute Gasteiger partial charge is 0.386 e. The van der Waals surface area contributed by atoms with Crippen LogP contribution < -0.4 is 16.0 Å². The second kappa shape index (κ2) is 16.2. The molecule has 0 bridgehead atoms. The van der Waals surface area contributed by atoms with Crippen molar-refractivity contribution in [1.29, 1.82) is 0 Å². The number of fused-ring (bicyclic) bond motifs is 2. The molecule has 5 heterocycles. The number of carbonyl (C=O) groups is 5. The predicted molar refractivity (Wildman–Crippen MR) is 235 cm³/mol.